The molecule has 20 heavy (non-hydrogen) atoms. The number of carbonyl (C=O) groups is 1. The standard InChI is InChI=1S/C15H14BrN3O/c16-11-4-5-14-13(7-11)18-15(20)9-19(14)12-3-1-2-10(6-12)8-17/h1-7H,8-9,17H2,(H,18,20). The van der Waals surface area contributed by atoms with Gasteiger partial charge in [0.15, 0.2) is 0 Å². The van der Waals surface area contributed by atoms with E-state index in [4.69, 9.17) is 5.73 Å². The van der Waals surface area contributed by atoms with Crippen LogP contribution < -0.4 is 16.0 Å². The largest absolute Gasteiger partial charge is 0.330 e. The average Bonchev–Trinajstić information content (AvgIpc) is 2.46. The van der Waals surface area contributed by atoms with Gasteiger partial charge in [0.05, 0.1) is 11.4 Å². The van der Waals surface area contributed by atoms with Crippen LogP contribution in [0.2, 0.25) is 0 Å². The lowest BCUT2D eigenvalue weighted by molar-refractivity contribution is -0.115. The summed E-state index contributed by atoms with van der Waals surface area (Å²) < 4.78 is 0.939. The number of nitrogens with zero attached hydrogens (tertiary/aromatic N) is 1. The zero-order valence-electron chi connectivity index (χ0n) is 10.8. The second-order valence-corrected chi connectivity index (χ2v) is 5.59. The summed E-state index contributed by atoms with van der Waals surface area (Å²) in [4.78, 5) is 13.9. The molecule has 3 rings (SSSR count). The van der Waals surface area contributed by atoms with Crippen molar-refractivity contribution in [3.8, 4) is 0 Å². The van der Waals surface area contributed by atoms with E-state index in [2.05, 4.69) is 21.2 Å². The molecule has 0 aliphatic carbocycles. The Hall–Kier alpha value is -1.85. The van der Waals surface area contributed by atoms with Crippen molar-refractivity contribution in [1.82, 2.24) is 0 Å². The molecule has 0 bridgehead atoms. The smallest absolute Gasteiger partial charge is 0.244 e. The minimum Gasteiger partial charge on any atom is -0.330 e. The topological polar surface area (TPSA) is 58.4 Å². The number of halogens is 1. The third kappa shape index (κ3) is 2.42. The molecule has 1 heterocycles. The summed E-state index contributed by atoms with van der Waals surface area (Å²) in [5, 5.41) is 2.89. The van der Waals surface area contributed by atoms with E-state index in [0.29, 0.717) is 13.1 Å². The van der Waals surface area contributed by atoms with E-state index < -0.39 is 0 Å². The van der Waals surface area contributed by atoms with Crippen molar-refractivity contribution in [2.24, 2.45) is 5.73 Å². The van der Waals surface area contributed by atoms with Crippen LogP contribution in [0.3, 0.4) is 0 Å². The second-order valence-electron chi connectivity index (χ2n) is 4.67. The molecule has 2 aromatic rings. The van der Waals surface area contributed by atoms with Crippen LogP contribution >= 0.6 is 15.9 Å². The van der Waals surface area contributed by atoms with Gasteiger partial charge >= 0.3 is 0 Å². The molecule has 5 heteroatoms. The van der Waals surface area contributed by atoms with Crippen LogP contribution in [0.1, 0.15) is 5.56 Å². The van der Waals surface area contributed by atoms with Gasteiger partial charge in [-0.2, -0.15) is 0 Å². The Bertz CT molecular complexity index is 672. The van der Waals surface area contributed by atoms with E-state index in [0.717, 1.165) is 27.1 Å². The van der Waals surface area contributed by atoms with Crippen molar-refractivity contribution in [2.75, 3.05) is 16.8 Å². The molecule has 0 unspecified atom stereocenters. The van der Waals surface area contributed by atoms with Crippen LogP contribution in [-0.2, 0) is 11.3 Å². The van der Waals surface area contributed by atoms with Crippen molar-refractivity contribution in [1.29, 1.82) is 0 Å². The van der Waals surface area contributed by atoms with Gasteiger partial charge in [-0.3, -0.25) is 4.79 Å². The highest BCUT2D eigenvalue weighted by atomic mass is 79.9. The van der Waals surface area contributed by atoms with Gasteiger partial charge < -0.3 is 16.0 Å². The predicted molar refractivity (Wildman–Crippen MR) is 84.1 cm³/mol. The third-order valence-electron chi connectivity index (χ3n) is 3.28. The molecule has 0 atom stereocenters. The maximum Gasteiger partial charge on any atom is 0.244 e. The maximum absolute atomic E-state index is 11.9. The maximum atomic E-state index is 11.9. The molecule has 0 aromatic heterocycles. The third-order valence-corrected chi connectivity index (χ3v) is 3.78. The van der Waals surface area contributed by atoms with Crippen molar-refractivity contribution in [2.45, 2.75) is 6.54 Å². The first-order valence-electron chi connectivity index (χ1n) is 6.33. The van der Waals surface area contributed by atoms with Gasteiger partial charge in [0.2, 0.25) is 5.91 Å². The molecule has 0 saturated heterocycles. The molecule has 3 N–H and O–H groups in total. The summed E-state index contributed by atoms with van der Waals surface area (Å²) in [6.07, 6.45) is 0. The monoisotopic (exact) mass is 331 g/mol. The molecule has 1 aliphatic heterocycles. The molecule has 1 aliphatic rings. The SMILES string of the molecule is NCc1cccc(N2CC(=O)Nc3cc(Br)ccc32)c1. The normalized spacial score (nSPS) is 13.9. The fraction of sp³-hybridized carbons (Fsp3) is 0.133. The molecule has 102 valence electrons. The Morgan fingerprint density at radius 1 is 1.25 bits per heavy atom. The lowest BCUT2D eigenvalue weighted by Crippen LogP contribution is -2.35. The Morgan fingerprint density at radius 2 is 2.10 bits per heavy atom. The van der Waals surface area contributed by atoms with Crippen LogP contribution in [0.25, 0.3) is 0 Å². The van der Waals surface area contributed by atoms with E-state index in [-0.39, 0.29) is 5.91 Å². The van der Waals surface area contributed by atoms with Gasteiger partial charge in [0.25, 0.3) is 0 Å². The van der Waals surface area contributed by atoms with Gasteiger partial charge in [-0.1, -0.05) is 28.1 Å². The highest BCUT2D eigenvalue weighted by Gasteiger charge is 2.23. The molecule has 0 saturated carbocycles. The molecule has 4 nitrogen and oxygen atoms in total. The predicted octanol–water partition coefficient (Wildman–Crippen LogP) is 3.00. The minimum absolute atomic E-state index is 0.0197. The second kappa shape index (κ2) is 5.26. The number of carbonyl (C=O) groups excluding carboxylic acids is 1. The highest BCUT2D eigenvalue weighted by molar-refractivity contribution is 9.10. The fourth-order valence-electron chi connectivity index (χ4n) is 2.34. The van der Waals surface area contributed by atoms with Crippen molar-refractivity contribution < 1.29 is 4.79 Å². The molecule has 1 amide bonds. The van der Waals surface area contributed by atoms with Gasteiger partial charge in [0, 0.05) is 16.7 Å². The van der Waals surface area contributed by atoms with E-state index in [1.165, 1.54) is 0 Å². The van der Waals surface area contributed by atoms with E-state index >= 15 is 0 Å². The number of rotatable bonds is 2. The van der Waals surface area contributed by atoms with E-state index in [1.807, 2.05) is 47.4 Å². The van der Waals surface area contributed by atoms with Gasteiger partial charge in [0.1, 0.15) is 6.54 Å². The summed E-state index contributed by atoms with van der Waals surface area (Å²) in [5.41, 5.74) is 9.51. The zero-order valence-corrected chi connectivity index (χ0v) is 12.4. The van der Waals surface area contributed by atoms with E-state index in [9.17, 15) is 4.79 Å². The number of nitrogens with two attached hydrogens (primary N) is 1. The number of nitrogens with one attached hydrogen (secondary N) is 1. The minimum atomic E-state index is -0.0197. The zero-order chi connectivity index (χ0) is 14.1. The van der Waals surface area contributed by atoms with Crippen LogP contribution in [0.5, 0.6) is 0 Å². The molecule has 0 radical (unpaired) electrons. The number of fused-ring (bicyclic) bond motifs is 1. The number of hydrogen-bond acceptors (Lipinski definition) is 3. The van der Waals surface area contributed by atoms with Crippen molar-refractivity contribution in [3.05, 3.63) is 52.5 Å². The molecule has 0 spiro atoms. The van der Waals surface area contributed by atoms with Gasteiger partial charge in [-0.15, -0.1) is 0 Å². The quantitative estimate of drug-likeness (QED) is 0.889. The summed E-state index contributed by atoms with van der Waals surface area (Å²) in [5.74, 6) is -0.0197. The van der Waals surface area contributed by atoms with Crippen LogP contribution in [0.4, 0.5) is 17.1 Å². The summed E-state index contributed by atoms with van der Waals surface area (Å²) in [6, 6.07) is 13.8. The van der Waals surface area contributed by atoms with Gasteiger partial charge in [-0.05, 0) is 35.9 Å². The number of benzene rings is 2. The van der Waals surface area contributed by atoms with Crippen LogP contribution in [0, 0.1) is 0 Å². The summed E-state index contributed by atoms with van der Waals surface area (Å²) in [6.45, 7) is 0.795. The van der Waals surface area contributed by atoms with Crippen LogP contribution in [-0.4, -0.2) is 12.5 Å². The Labute approximate surface area is 125 Å². The average molecular weight is 332 g/mol. The number of amides is 1. The fourth-order valence-corrected chi connectivity index (χ4v) is 2.71. The molecule has 0 fully saturated rings. The highest BCUT2D eigenvalue weighted by Crippen LogP contribution is 2.36. The van der Waals surface area contributed by atoms with Crippen molar-refractivity contribution in [3.63, 3.8) is 0 Å². The van der Waals surface area contributed by atoms with Crippen molar-refractivity contribution >= 4 is 38.9 Å². The molecular weight excluding hydrogens is 318 g/mol. The lowest BCUT2D eigenvalue weighted by atomic mass is 10.1. The number of hydrogen-bond donors (Lipinski definition) is 2. The lowest BCUT2D eigenvalue weighted by Gasteiger charge is -2.31. The first-order chi connectivity index (χ1) is 9.67. The summed E-state index contributed by atoms with van der Waals surface area (Å²) >= 11 is 3.42. The first kappa shape index (κ1) is 13.1. The Kier molecular flexibility index (Phi) is 3.46. The van der Waals surface area contributed by atoms with Crippen LogP contribution in [0.15, 0.2) is 46.9 Å². The van der Waals surface area contributed by atoms with E-state index in [1.54, 1.807) is 0 Å². The molecule has 2 aromatic carbocycles. The van der Waals surface area contributed by atoms with Gasteiger partial charge in [-0.25, -0.2) is 0 Å². The number of anilines is 3. The molecular formula is C15H14BrN3O. The summed E-state index contributed by atoms with van der Waals surface area (Å²) in [7, 11) is 0. The first-order valence-corrected chi connectivity index (χ1v) is 7.12. The Morgan fingerprint density at radius 3 is 2.90 bits per heavy atom. The Balaban J connectivity index is 2.08.